The number of unbranched alkanes of at least 4 members (excludes halogenated alkanes) is 44. The number of carbonyl (C=O) groups is 4. The Morgan fingerprint density at radius 3 is 0.740 bits per heavy atom. The molecule has 0 aliphatic rings. The van der Waals surface area contributed by atoms with E-state index in [1.807, 2.05) is 0 Å². The summed E-state index contributed by atoms with van der Waals surface area (Å²) < 4.78 is 68.6. The summed E-state index contributed by atoms with van der Waals surface area (Å²) in [6.45, 7) is 9.69. The minimum atomic E-state index is -4.96. The number of hydrogen-bond acceptors (Lipinski definition) is 15. The normalized spacial score (nSPS) is 14.6. The van der Waals surface area contributed by atoms with Crippen LogP contribution in [0.15, 0.2) is 0 Å². The smallest absolute Gasteiger partial charge is 0.462 e. The molecular formula is C77H150O17P2. The SMILES string of the molecule is CCCCCCCCCCCCCCCCC(=O)O[C@H](COC(=O)CCCCCCCCCCCC)COP(=O)(O)OC[C@H](O)COP(=O)(O)OC[C@@H](COC(=O)CCCCCCCCCCCCC(C)CC)OC(=O)CCCCCCCCCCCCCCCCC(C)CC. The maximum absolute atomic E-state index is 13.1. The van der Waals surface area contributed by atoms with Crippen LogP contribution in [0.4, 0.5) is 0 Å². The molecule has 0 amide bonds. The molecule has 0 heterocycles. The highest BCUT2D eigenvalue weighted by Gasteiger charge is 2.30. The van der Waals surface area contributed by atoms with E-state index in [-0.39, 0.29) is 25.7 Å². The Labute approximate surface area is 588 Å². The highest BCUT2D eigenvalue weighted by molar-refractivity contribution is 7.47. The van der Waals surface area contributed by atoms with Gasteiger partial charge in [-0.3, -0.25) is 37.3 Å². The molecule has 4 unspecified atom stereocenters. The van der Waals surface area contributed by atoms with Crippen molar-refractivity contribution in [2.75, 3.05) is 39.6 Å². The maximum atomic E-state index is 13.1. The summed E-state index contributed by atoms with van der Waals surface area (Å²) in [6.07, 6.45) is 56.6. The fraction of sp³-hybridized carbons (Fsp3) is 0.948. The molecule has 96 heavy (non-hydrogen) atoms. The van der Waals surface area contributed by atoms with Crippen LogP contribution < -0.4 is 0 Å². The number of phosphoric acid groups is 2. The summed E-state index contributed by atoms with van der Waals surface area (Å²) in [4.78, 5) is 72.9. The lowest BCUT2D eigenvalue weighted by atomic mass is 9.99. The molecule has 0 bridgehead atoms. The Morgan fingerprint density at radius 2 is 0.500 bits per heavy atom. The number of rotatable bonds is 76. The van der Waals surface area contributed by atoms with Crippen LogP contribution in [-0.2, 0) is 65.4 Å². The average Bonchev–Trinajstić information content (AvgIpc) is 3.75. The van der Waals surface area contributed by atoms with Crippen molar-refractivity contribution in [3.05, 3.63) is 0 Å². The molecule has 0 aromatic rings. The van der Waals surface area contributed by atoms with Gasteiger partial charge in [0.25, 0.3) is 0 Å². The van der Waals surface area contributed by atoms with Crippen molar-refractivity contribution in [3.63, 3.8) is 0 Å². The van der Waals surface area contributed by atoms with Crippen molar-refractivity contribution in [2.45, 2.75) is 419 Å². The molecular weight excluding hydrogens is 1260 g/mol. The molecule has 0 spiro atoms. The first kappa shape index (κ1) is 94.1. The number of carbonyl (C=O) groups excluding carboxylic acids is 4. The summed E-state index contributed by atoms with van der Waals surface area (Å²) in [5.41, 5.74) is 0. The van der Waals surface area contributed by atoms with Gasteiger partial charge in [0.15, 0.2) is 12.2 Å². The van der Waals surface area contributed by atoms with E-state index in [9.17, 15) is 43.2 Å². The van der Waals surface area contributed by atoms with Gasteiger partial charge in [-0.2, -0.15) is 0 Å². The number of aliphatic hydroxyl groups is 1. The second-order valence-electron chi connectivity index (χ2n) is 28.2. The maximum Gasteiger partial charge on any atom is 0.472 e. The van der Waals surface area contributed by atoms with E-state index < -0.39 is 97.5 Å². The zero-order valence-corrected chi connectivity index (χ0v) is 64.5. The van der Waals surface area contributed by atoms with E-state index in [1.165, 1.54) is 218 Å². The monoisotopic (exact) mass is 1410 g/mol. The molecule has 0 saturated carbocycles. The lowest BCUT2D eigenvalue weighted by Gasteiger charge is -2.21. The van der Waals surface area contributed by atoms with Gasteiger partial charge < -0.3 is 33.8 Å². The van der Waals surface area contributed by atoms with Gasteiger partial charge in [-0.05, 0) is 37.5 Å². The van der Waals surface area contributed by atoms with Gasteiger partial charge in [-0.1, -0.05) is 350 Å². The minimum absolute atomic E-state index is 0.108. The lowest BCUT2D eigenvalue weighted by Crippen LogP contribution is -2.30. The zero-order valence-electron chi connectivity index (χ0n) is 62.7. The predicted molar refractivity (Wildman–Crippen MR) is 391 cm³/mol. The van der Waals surface area contributed by atoms with Crippen molar-refractivity contribution in [3.8, 4) is 0 Å². The number of phosphoric ester groups is 2. The molecule has 570 valence electrons. The third-order valence-corrected chi connectivity index (χ3v) is 20.6. The van der Waals surface area contributed by atoms with Crippen molar-refractivity contribution in [1.82, 2.24) is 0 Å². The van der Waals surface area contributed by atoms with E-state index in [4.69, 9.17) is 37.0 Å². The highest BCUT2D eigenvalue weighted by Crippen LogP contribution is 2.45. The Kier molecular flexibility index (Phi) is 67.4. The van der Waals surface area contributed by atoms with Crippen LogP contribution in [-0.4, -0.2) is 96.7 Å². The summed E-state index contributed by atoms with van der Waals surface area (Å²) >= 11 is 0. The van der Waals surface area contributed by atoms with Gasteiger partial charge >= 0.3 is 39.5 Å². The van der Waals surface area contributed by atoms with Crippen LogP contribution in [0.2, 0.25) is 0 Å². The summed E-state index contributed by atoms with van der Waals surface area (Å²) in [7, 11) is -9.91. The summed E-state index contributed by atoms with van der Waals surface area (Å²) in [6, 6.07) is 0. The summed E-state index contributed by atoms with van der Waals surface area (Å²) in [5, 5.41) is 10.6. The van der Waals surface area contributed by atoms with Gasteiger partial charge in [0, 0.05) is 25.7 Å². The number of esters is 4. The fourth-order valence-electron chi connectivity index (χ4n) is 11.8. The Bertz CT molecular complexity index is 1860. The van der Waals surface area contributed by atoms with Crippen molar-refractivity contribution in [1.29, 1.82) is 0 Å². The molecule has 0 fully saturated rings. The third-order valence-electron chi connectivity index (χ3n) is 18.7. The van der Waals surface area contributed by atoms with Crippen LogP contribution >= 0.6 is 15.6 Å². The van der Waals surface area contributed by atoms with E-state index in [1.54, 1.807) is 0 Å². The molecule has 19 heteroatoms. The molecule has 0 rings (SSSR count). The average molecular weight is 1410 g/mol. The molecule has 0 aromatic heterocycles. The fourth-order valence-corrected chi connectivity index (χ4v) is 13.3. The minimum Gasteiger partial charge on any atom is -0.462 e. The van der Waals surface area contributed by atoms with Gasteiger partial charge in [0.1, 0.15) is 19.3 Å². The van der Waals surface area contributed by atoms with E-state index in [0.717, 1.165) is 102 Å². The lowest BCUT2D eigenvalue weighted by molar-refractivity contribution is -0.161. The number of aliphatic hydroxyl groups excluding tert-OH is 1. The van der Waals surface area contributed by atoms with Gasteiger partial charge in [0.2, 0.25) is 0 Å². The quantitative estimate of drug-likeness (QED) is 0.0222. The molecule has 17 nitrogen and oxygen atoms in total. The molecule has 0 radical (unpaired) electrons. The van der Waals surface area contributed by atoms with Crippen molar-refractivity contribution < 1.29 is 80.2 Å². The molecule has 7 atom stereocenters. The first-order valence-electron chi connectivity index (χ1n) is 40.1. The highest BCUT2D eigenvalue weighted by atomic mass is 31.2. The topological polar surface area (TPSA) is 237 Å². The van der Waals surface area contributed by atoms with Crippen molar-refractivity contribution >= 4 is 39.5 Å². The number of ether oxygens (including phenoxy) is 4. The van der Waals surface area contributed by atoms with Crippen LogP contribution in [0.3, 0.4) is 0 Å². The second kappa shape index (κ2) is 68.8. The Balaban J connectivity index is 5.25. The van der Waals surface area contributed by atoms with E-state index in [2.05, 4.69) is 41.5 Å². The van der Waals surface area contributed by atoms with Gasteiger partial charge in [-0.15, -0.1) is 0 Å². The molecule has 0 saturated heterocycles. The Hall–Kier alpha value is -1.94. The second-order valence-corrected chi connectivity index (χ2v) is 31.1. The van der Waals surface area contributed by atoms with Crippen molar-refractivity contribution in [2.24, 2.45) is 11.8 Å². The standard InChI is InChI=1S/C77H150O17P2/c1-7-11-13-15-17-19-21-22-26-29-37-43-49-55-61-76(81)93-72(65-87-74(79)59-53-47-41-35-20-18-16-14-12-8-2)67-91-95(83,84)89-63-71(78)64-90-96(85,86)92-68-73(66-88-75(80)60-54-48-42-36-32-31-34-40-46-52-58-70(6)10-4)94-77(82)62-56-50-44-38-30-27-24-23-25-28-33-39-45-51-57-69(5)9-3/h69-73,78H,7-68H2,1-6H3,(H,83,84)(H,85,86)/t69?,70?,71-,72+,73+/m0/s1. The molecule has 0 aliphatic heterocycles. The predicted octanol–water partition coefficient (Wildman–Crippen LogP) is 22.7. The van der Waals surface area contributed by atoms with Crippen LogP contribution in [0.25, 0.3) is 0 Å². The van der Waals surface area contributed by atoms with Crippen LogP contribution in [0.5, 0.6) is 0 Å². The third kappa shape index (κ3) is 67.9. The van der Waals surface area contributed by atoms with Gasteiger partial charge in [0.05, 0.1) is 26.4 Å². The number of hydrogen-bond donors (Lipinski definition) is 3. The molecule has 3 N–H and O–H groups in total. The first-order chi connectivity index (χ1) is 46.4. The molecule has 0 aliphatic carbocycles. The van der Waals surface area contributed by atoms with E-state index in [0.29, 0.717) is 25.7 Å². The first-order valence-corrected chi connectivity index (χ1v) is 43.1. The largest absolute Gasteiger partial charge is 0.472 e. The Morgan fingerprint density at radius 1 is 0.292 bits per heavy atom. The van der Waals surface area contributed by atoms with Crippen LogP contribution in [0, 0.1) is 11.8 Å². The van der Waals surface area contributed by atoms with E-state index >= 15 is 0 Å². The van der Waals surface area contributed by atoms with Gasteiger partial charge in [-0.25, -0.2) is 9.13 Å². The zero-order chi connectivity index (χ0) is 70.7. The van der Waals surface area contributed by atoms with Crippen LogP contribution in [0.1, 0.15) is 401 Å². The summed E-state index contributed by atoms with van der Waals surface area (Å²) in [5.74, 6) is -0.457. The molecule has 0 aromatic carbocycles.